The van der Waals surface area contributed by atoms with Crippen molar-refractivity contribution in [1.29, 1.82) is 0 Å². The van der Waals surface area contributed by atoms with Crippen molar-refractivity contribution in [3.8, 4) is 0 Å². The minimum Gasteiger partial charge on any atom is -0.462 e. The largest absolute Gasteiger partial charge is 0.462 e. The number of hydrogen-bond acceptors (Lipinski definition) is 6. The van der Waals surface area contributed by atoms with Gasteiger partial charge in [-0.2, -0.15) is 0 Å². The number of hydrogen-bond donors (Lipinski definition) is 0. The maximum absolute atomic E-state index is 13.0. The smallest absolute Gasteiger partial charge is 0.306 e. The summed E-state index contributed by atoms with van der Waals surface area (Å²) in [7, 11) is 0. The van der Waals surface area contributed by atoms with E-state index in [0.717, 1.165) is 57.8 Å². The van der Waals surface area contributed by atoms with E-state index in [0.29, 0.717) is 19.3 Å². The maximum Gasteiger partial charge on any atom is 0.306 e. The van der Waals surface area contributed by atoms with Crippen molar-refractivity contribution >= 4 is 17.9 Å². The van der Waals surface area contributed by atoms with Gasteiger partial charge in [0.1, 0.15) is 13.2 Å². The van der Waals surface area contributed by atoms with Gasteiger partial charge in [0.15, 0.2) is 6.10 Å². The predicted octanol–water partition coefficient (Wildman–Crippen LogP) is 26.3. The first kappa shape index (κ1) is 81.2. The molecule has 83 heavy (non-hydrogen) atoms. The first-order valence-electron chi connectivity index (χ1n) is 38.2. The topological polar surface area (TPSA) is 78.9 Å². The van der Waals surface area contributed by atoms with E-state index >= 15 is 0 Å². The Bertz CT molecular complexity index is 1300. The van der Waals surface area contributed by atoms with E-state index in [2.05, 4.69) is 32.9 Å². The molecule has 0 radical (unpaired) electrons. The average Bonchev–Trinajstić information content (AvgIpc) is 3.49. The molecule has 0 aliphatic rings. The van der Waals surface area contributed by atoms with Gasteiger partial charge in [0, 0.05) is 19.3 Å². The fourth-order valence-corrected chi connectivity index (χ4v) is 12.0. The number of allylic oxidation sites excluding steroid dienone is 2. The van der Waals surface area contributed by atoms with Crippen LogP contribution in [0.2, 0.25) is 0 Å². The van der Waals surface area contributed by atoms with Crippen LogP contribution >= 0.6 is 0 Å². The lowest BCUT2D eigenvalue weighted by atomic mass is 10.0. The molecule has 0 saturated carbocycles. The fourth-order valence-electron chi connectivity index (χ4n) is 12.0. The zero-order valence-electron chi connectivity index (χ0n) is 56.8. The standard InChI is InChI=1S/C77H148O6/c1-4-7-10-13-16-19-22-25-28-31-34-37-38-39-40-41-44-46-49-52-55-58-61-64-67-70-76(79)82-73-74(83-77(80)71-68-65-62-59-56-53-50-47-43-36-33-30-27-24-21-18-15-12-9-6-3)72-81-75(78)69-66-63-60-57-54-51-48-45-42-35-32-29-26-23-20-17-14-11-8-5-2/h31,34,74H,4-30,32-33,35-73H2,1-3H3/b34-31-. The molecule has 0 bridgehead atoms. The van der Waals surface area contributed by atoms with Gasteiger partial charge >= 0.3 is 17.9 Å². The summed E-state index contributed by atoms with van der Waals surface area (Å²) >= 11 is 0. The third-order valence-corrected chi connectivity index (χ3v) is 17.8. The molecule has 0 aromatic heterocycles. The molecule has 6 nitrogen and oxygen atoms in total. The Morgan fingerprint density at radius 2 is 0.398 bits per heavy atom. The van der Waals surface area contributed by atoms with Gasteiger partial charge in [-0.15, -0.1) is 0 Å². The molecule has 6 heteroatoms. The van der Waals surface area contributed by atoms with Gasteiger partial charge in [-0.1, -0.05) is 392 Å². The van der Waals surface area contributed by atoms with Gasteiger partial charge in [0.2, 0.25) is 0 Å². The third-order valence-electron chi connectivity index (χ3n) is 17.8. The molecule has 0 fully saturated rings. The summed E-state index contributed by atoms with van der Waals surface area (Å²) in [6, 6.07) is 0. The predicted molar refractivity (Wildman–Crippen MR) is 363 cm³/mol. The Kier molecular flexibility index (Phi) is 71.0. The van der Waals surface area contributed by atoms with Gasteiger partial charge in [-0.05, 0) is 44.9 Å². The Morgan fingerprint density at radius 1 is 0.229 bits per heavy atom. The molecule has 0 aromatic carbocycles. The van der Waals surface area contributed by atoms with Gasteiger partial charge < -0.3 is 14.2 Å². The molecule has 0 aliphatic heterocycles. The van der Waals surface area contributed by atoms with E-state index in [9.17, 15) is 14.4 Å². The van der Waals surface area contributed by atoms with Crippen LogP contribution in [-0.2, 0) is 28.6 Å². The fraction of sp³-hybridized carbons (Fsp3) is 0.935. The second-order valence-corrected chi connectivity index (χ2v) is 26.3. The molecule has 0 rings (SSSR count). The van der Waals surface area contributed by atoms with Crippen LogP contribution in [0.3, 0.4) is 0 Å². The number of esters is 3. The van der Waals surface area contributed by atoms with E-state index in [1.165, 1.54) is 347 Å². The SMILES string of the molecule is CCCCCCCCCC/C=C\CCCCCCCCCCCCCCCC(=O)OCC(COC(=O)CCCCCCCCCCCCCCCCCCCCCC)OC(=O)CCCCCCCCCCCCCCCCCCCCCC. The highest BCUT2D eigenvalue weighted by atomic mass is 16.6. The van der Waals surface area contributed by atoms with Gasteiger partial charge in [0.05, 0.1) is 0 Å². The molecule has 0 aromatic rings. The summed E-state index contributed by atoms with van der Waals surface area (Å²) in [5.74, 6) is -0.819. The van der Waals surface area contributed by atoms with E-state index < -0.39 is 6.10 Å². The van der Waals surface area contributed by atoms with Crippen LogP contribution in [0.1, 0.15) is 445 Å². The normalized spacial score (nSPS) is 12.0. The second-order valence-electron chi connectivity index (χ2n) is 26.3. The van der Waals surface area contributed by atoms with Crippen LogP contribution in [0, 0.1) is 0 Å². The highest BCUT2D eigenvalue weighted by Crippen LogP contribution is 2.20. The van der Waals surface area contributed by atoms with Crippen LogP contribution in [0.25, 0.3) is 0 Å². The van der Waals surface area contributed by atoms with Crippen molar-refractivity contribution < 1.29 is 28.6 Å². The van der Waals surface area contributed by atoms with Gasteiger partial charge in [0.25, 0.3) is 0 Å². The summed E-state index contributed by atoms with van der Waals surface area (Å²) in [6.07, 6.45) is 88.3. The molecular weight excluding hydrogens is 1020 g/mol. The van der Waals surface area contributed by atoms with Crippen molar-refractivity contribution in [2.75, 3.05) is 13.2 Å². The number of carbonyl (C=O) groups is 3. The van der Waals surface area contributed by atoms with Crippen molar-refractivity contribution in [2.24, 2.45) is 0 Å². The lowest BCUT2D eigenvalue weighted by Gasteiger charge is -2.18. The van der Waals surface area contributed by atoms with E-state index in [-0.39, 0.29) is 31.1 Å². The van der Waals surface area contributed by atoms with E-state index in [4.69, 9.17) is 14.2 Å². The van der Waals surface area contributed by atoms with Crippen molar-refractivity contribution in [3.05, 3.63) is 12.2 Å². The van der Waals surface area contributed by atoms with Crippen LogP contribution in [0.15, 0.2) is 12.2 Å². The lowest BCUT2D eigenvalue weighted by molar-refractivity contribution is -0.167. The summed E-state index contributed by atoms with van der Waals surface area (Å²) < 4.78 is 17.1. The molecule has 0 saturated heterocycles. The van der Waals surface area contributed by atoms with Crippen LogP contribution in [-0.4, -0.2) is 37.2 Å². The molecule has 492 valence electrons. The summed E-state index contributed by atoms with van der Waals surface area (Å²) in [4.78, 5) is 38.6. The minimum atomic E-state index is -0.767. The number of carbonyl (C=O) groups excluding carboxylic acids is 3. The zero-order valence-corrected chi connectivity index (χ0v) is 56.8. The second kappa shape index (κ2) is 72.6. The average molecular weight is 1170 g/mol. The van der Waals surface area contributed by atoms with Crippen molar-refractivity contribution in [2.45, 2.75) is 451 Å². The highest BCUT2D eigenvalue weighted by Gasteiger charge is 2.20. The Hall–Kier alpha value is -1.85. The molecule has 1 unspecified atom stereocenters. The number of unbranched alkanes of at least 4 members (excludes halogenated alkanes) is 59. The molecular formula is C77H148O6. The van der Waals surface area contributed by atoms with Crippen molar-refractivity contribution in [3.63, 3.8) is 0 Å². The molecule has 1 atom stereocenters. The molecule has 0 heterocycles. The summed E-state index contributed by atoms with van der Waals surface area (Å²) in [6.45, 7) is 6.75. The van der Waals surface area contributed by atoms with Gasteiger partial charge in [-0.3, -0.25) is 14.4 Å². The monoisotopic (exact) mass is 1170 g/mol. The van der Waals surface area contributed by atoms with Crippen LogP contribution < -0.4 is 0 Å². The highest BCUT2D eigenvalue weighted by molar-refractivity contribution is 5.71. The number of ether oxygens (including phenoxy) is 3. The van der Waals surface area contributed by atoms with Crippen LogP contribution in [0.5, 0.6) is 0 Å². The van der Waals surface area contributed by atoms with Crippen LogP contribution in [0.4, 0.5) is 0 Å². The third kappa shape index (κ3) is 70.8. The molecule has 0 aliphatic carbocycles. The van der Waals surface area contributed by atoms with Crippen molar-refractivity contribution in [1.82, 2.24) is 0 Å². The minimum absolute atomic E-state index is 0.0619. The lowest BCUT2D eigenvalue weighted by Crippen LogP contribution is -2.30. The Balaban J connectivity index is 4.26. The molecule has 0 N–H and O–H groups in total. The molecule has 0 spiro atoms. The van der Waals surface area contributed by atoms with E-state index in [1.807, 2.05) is 0 Å². The van der Waals surface area contributed by atoms with Gasteiger partial charge in [-0.25, -0.2) is 0 Å². The first-order chi connectivity index (χ1) is 41.0. The number of rotatable bonds is 72. The first-order valence-corrected chi connectivity index (χ1v) is 38.2. The Morgan fingerprint density at radius 3 is 0.602 bits per heavy atom. The summed E-state index contributed by atoms with van der Waals surface area (Å²) in [5, 5.41) is 0. The zero-order chi connectivity index (χ0) is 59.9. The summed E-state index contributed by atoms with van der Waals surface area (Å²) in [5.41, 5.74) is 0. The maximum atomic E-state index is 13.0. The molecule has 0 amide bonds. The Labute approximate surface area is 520 Å². The van der Waals surface area contributed by atoms with E-state index in [1.54, 1.807) is 0 Å². The quantitative estimate of drug-likeness (QED) is 0.0261.